The Balaban J connectivity index is 2.43. The number of hydrogen-bond donors (Lipinski definition) is 1. The van der Waals surface area contributed by atoms with Crippen LogP contribution in [0.2, 0.25) is 0 Å². The molecule has 0 saturated carbocycles. The molecule has 0 unspecified atom stereocenters. The van der Waals surface area contributed by atoms with Crippen molar-refractivity contribution in [1.82, 2.24) is 5.43 Å². The van der Waals surface area contributed by atoms with Gasteiger partial charge >= 0.3 is 0 Å². The van der Waals surface area contributed by atoms with Crippen molar-refractivity contribution in [3.05, 3.63) is 24.2 Å². The largest absolute Gasteiger partial charge is 0.463 e. The second-order valence-electron chi connectivity index (χ2n) is 1.94. The predicted octanol–water partition coefficient (Wildman–Crippen LogP) is 0.750. The summed E-state index contributed by atoms with van der Waals surface area (Å²) in [6.45, 7) is 1.39. The van der Waals surface area contributed by atoms with Gasteiger partial charge in [0.2, 0.25) is 5.91 Å². The third-order valence-corrected chi connectivity index (χ3v) is 0.957. The summed E-state index contributed by atoms with van der Waals surface area (Å²) in [6.07, 6.45) is 2.97. The SMILES string of the molecule is CC(=O)N/N=C\c1ccco1. The van der Waals surface area contributed by atoms with Crippen LogP contribution in [0.15, 0.2) is 27.9 Å². The smallest absolute Gasteiger partial charge is 0.236 e. The fraction of sp³-hybridized carbons (Fsp3) is 0.143. The fourth-order valence-corrected chi connectivity index (χ4v) is 0.552. The van der Waals surface area contributed by atoms with Crippen molar-refractivity contribution in [1.29, 1.82) is 0 Å². The van der Waals surface area contributed by atoms with Gasteiger partial charge in [0.05, 0.1) is 12.5 Å². The van der Waals surface area contributed by atoms with Gasteiger partial charge in [-0.05, 0) is 12.1 Å². The van der Waals surface area contributed by atoms with Crippen molar-refractivity contribution >= 4 is 12.1 Å². The maximum absolute atomic E-state index is 10.3. The normalized spacial score (nSPS) is 10.3. The van der Waals surface area contributed by atoms with Gasteiger partial charge in [-0.2, -0.15) is 5.10 Å². The zero-order valence-electron chi connectivity index (χ0n) is 6.07. The number of nitrogens with zero attached hydrogens (tertiary/aromatic N) is 1. The molecule has 0 fully saturated rings. The van der Waals surface area contributed by atoms with E-state index in [9.17, 15) is 4.79 Å². The minimum atomic E-state index is -0.201. The van der Waals surface area contributed by atoms with Gasteiger partial charge in [-0.1, -0.05) is 0 Å². The molecule has 0 aliphatic carbocycles. The Hall–Kier alpha value is -1.58. The Morgan fingerprint density at radius 1 is 1.82 bits per heavy atom. The maximum atomic E-state index is 10.3. The lowest BCUT2D eigenvalue weighted by molar-refractivity contribution is -0.118. The molecule has 0 aliphatic heterocycles. The minimum absolute atomic E-state index is 0.201. The Morgan fingerprint density at radius 2 is 2.64 bits per heavy atom. The van der Waals surface area contributed by atoms with E-state index in [0.29, 0.717) is 5.76 Å². The summed E-state index contributed by atoms with van der Waals surface area (Å²) < 4.78 is 4.91. The minimum Gasteiger partial charge on any atom is -0.463 e. The van der Waals surface area contributed by atoms with Gasteiger partial charge in [-0.25, -0.2) is 5.43 Å². The molecule has 4 nitrogen and oxygen atoms in total. The van der Waals surface area contributed by atoms with Crippen LogP contribution in [0.5, 0.6) is 0 Å². The standard InChI is InChI=1S/C7H8N2O2/c1-6(10)9-8-5-7-3-2-4-11-7/h2-5H,1H3,(H,9,10)/b8-5-. The molecule has 1 aromatic rings. The van der Waals surface area contributed by atoms with E-state index in [1.54, 1.807) is 12.1 Å². The van der Waals surface area contributed by atoms with Crippen LogP contribution in [0.25, 0.3) is 0 Å². The molecule has 1 N–H and O–H groups in total. The number of carbonyl (C=O) groups excluding carboxylic acids is 1. The molecule has 1 aromatic heterocycles. The number of hydrogen-bond acceptors (Lipinski definition) is 3. The van der Waals surface area contributed by atoms with Gasteiger partial charge in [-0.15, -0.1) is 0 Å². The maximum Gasteiger partial charge on any atom is 0.236 e. The highest BCUT2D eigenvalue weighted by Gasteiger charge is 1.87. The molecule has 0 bridgehead atoms. The van der Waals surface area contributed by atoms with Crippen LogP contribution in [0.4, 0.5) is 0 Å². The summed E-state index contributed by atoms with van der Waals surface area (Å²) >= 11 is 0. The molecule has 11 heavy (non-hydrogen) atoms. The van der Waals surface area contributed by atoms with E-state index in [0.717, 1.165) is 0 Å². The van der Waals surface area contributed by atoms with Crippen LogP contribution in [-0.4, -0.2) is 12.1 Å². The van der Waals surface area contributed by atoms with Gasteiger partial charge in [0.25, 0.3) is 0 Å². The third-order valence-electron chi connectivity index (χ3n) is 0.957. The van der Waals surface area contributed by atoms with Crippen LogP contribution >= 0.6 is 0 Å². The quantitative estimate of drug-likeness (QED) is 0.502. The molecule has 0 aliphatic rings. The van der Waals surface area contributed by atoms with Crippen molar-refractivity contribution in [2.75, 3.05) is 0 Å². The number of hydrazone groups is 1. The Kier molecular flexibility index (Phi) is 2.43. The van der Waals surface area contributed by atoms with Crippen LogP contribution in [0.3, 0.4) is 0 Å². The van der Waals surface area contributed by atoms with Gasteiger partial charge in [0.1, 0.15) is 5.76 Å². The average Bonchev–Trinajstić information content (AvgIpc) is 2.39. The second kappa shape index (κ2) is 3.55. The van der Waals surface area contributed by atoms with E-state index in [-0.39, 0.29) is 5.91 Å². The van der Waals surface area contributed by atoms with Gasteiger partial charge in [0.15, 0.2) is 0 Å². The summed E-state index contributed by atoms with van der Waals surface area (Å²) in [4.78, 5) is 10.3. The topological polar surface area (TPSA) is 54.6 Å². The first-order valence-corrected chi connectivity index (χ1v) is 3.12. The van der Waals surface area contributed by atoms with Gasteiger partial charge in [0, 0.05) is 6.92 Å². The number of nitrogens with one attached hydrogen (secondary N) is 1. The first kappa shape index (κ1) is 7.53. The van der Waals surface area contributed by atoms with Gasteiger partial charge in [-0.3, -0.25) is 4.79 Å². The average molecular weight is 152 g/mol. The third kappa shape index (κ3) is 2.66. The van der Waals surface area contributed by atoms with E-state index in [2.05, 4.69) is 10.5 Å². The zero-order valence-corrected chi connectivity index (χ0v) is 6.07. The van der Waals surface area contributed by atoms with Crippen molar-refractivity contribution in [2.45, 2.75) is 6.92 Å². The highest BCUT2D eigenvalue weighted by Crippen LogP contribution is 1.93. The van der Waals surface area contributed by atoms with Crippen molar-refractivity contribution in [3.63, 3.8) is 0 Å². The molecular formula is C7H8N2O2. The summed E-state index contributed by atoms with van der Waals surface area (Å²) in [6, 6.07) is 3.49. The van der Waals surface area contributed by atoms with Crippen LogP contribution < -0.4 is 5.43 Å². The van der Waals surface area contributed by atoms with E-state index in [4.69, 9.17) is 4.42 Å². The fourth-order valence-electron chi connectivity index (χ4n) is 0.552. The van der Waals surface area contributed by atoms with Crippen molar-refractivity contribution in [3.8, 4) is 0 Å². The summed E-state index contributed by atoms with van der Waals surface area (Å²) in [5.74, 6) is 0.409. The monoisotopic (exact) mass is 152 g/mol. The predicted molar refractivity (Wildman–Crippen MR) is 40.1 cm³/mol. The number of amides is 1. The lowest BCUT2D eigenvalue weighted by Gasteiger charge is -1.87. The molecule has 0 radical (unpaired) electrons. The van der Waals surface area contributed by atoms with E-state index >= 15 is 0 Å². The highest BCUT2D eigenvalue weighted by molar-refractivity contribution is 5.78. The van der Waals surface area contributed by atoms with Gasteiger partial charge < -0.3 is 4.42 Å². The Labute approximate surface area is 63.9 Å². The molecular weight excluding hydrogens is 144 g/mol. The molecule has 58 valence electrons. The number of furan rings is 1. The summed E-state index contributed by atoms with van der Waals surface area (Å²) in [7, 11) is 0. The molecule has 1 rings (SSSR count). The number of rotatable bonds is 2. The molecule has 1 amide bonds. The van der Waals surface area contributed by atoms with Crippen LogP contribution in [0, 0.1) is 0 Å². The van der Waals surface area contributed by atoms with E-state index in [1.165, 1.54) is 19.4 Å². The van der Waals surface area contributed by atoms with Crippen LogP contribution in [0.1, 0.15) is 12.7 Å². The molecule has 0 atom stereocenters. The Bertz CT molecular complexity index is 251. The Morgan fingerprint density at radius 3 is 3.18 bits per heavy atom. The highest BCUT2D eigenvalue weighted by atomic mass is 16.3. The zero-order chi connectivity index (χ0) is 8.10. The van der Waals surface area contributed by atoms with Crippen molar-refractivity contribution in [2.24, 2.45) is 5.10 Å². The molecule has 1 heterocycles. The summed E-state index contributed by atoms with van der Waals surface area (Å²) in [5, 5.41) is 3.60. The number of carbonyl (C=O) groups is 1. The lowest BCUT2D eigenvalue weighted by atomic mass is 10.5. The van der Waals surface area contributed by atoms with E-state index < -0.39 is 0 Å². The second-order valence-corrected chi connectivity index (χ2v) is 1.94. The first-order chi connectivity index (χ1) is 5.29. The van der Waals surface area contributed by atoms with Crippen LogP contribution in [-0.2, 0) is 4.79 Å². The summed E-state index contributed by atoms with van der Waals surface area (Å²) in [5.41, 5.74) is 2.25. The molecule has 4 heteroatoms. The van der Waals surface area contributed by atoms with E-state index in [1.807, 2.05) is 0 Å². The molecule has 0 saturated heterocycles. The first-order valence-electron chi connectivity index (χ1n) is 3.12. The van der Waals surface area contributed by atoms with Crippen molar-refractivity contribution < 1.29 is 9.21 Å². The lowest BCUT2D eigenvalue weighted by Crippen LogP contribution is -2.12. The molecule has 0 spiro atoms. The molecule has 0 aromatic carbocycles.